The van der Waals surface area contributed by atoms with Gasteiger partial charge in [-0.25, -0.2) is 0 Å². The van der Waals surface area contributed by atoms with E-state index in [1.165, 1.54) is 33.4 Å². The normalized spacial score (nSPS) is 12.4. The Kier molecular flexibility index (Phi) is 33.5. The SMILES string of the molecule is C#C/C=C(\C=C/C)/C=C/C=C\C=C.C/C=C\C=C/C.C=C/C=C(\C(=C)c1cccccccc(C)c1)C(C)(c1cccc(Nc2ccc(-c3ccccc3)cc2)c1)c1cccc(C(C)/C=C\C)c1CC.CC.CC. The molecule has 0 aliphatic carbocycles. The van der Waals surface area contributed by atoms with E-state index in [1.54, 1.807) is 12.2 Å². The molecule has 2 atom stereocenters. The maximum Gasteiger partial charge on any atom is 0.0432 e. The van der Waals surface area contributed by atoms with Gasteiger partial charge in [0, 0.05) is 16.8 Å². The van der Waals surface area contributed by atoms with Crippen molar-refractivity contribution in [2.75, 3.05) is 5.32 Å². The molecule has 5 rings (SSSR count). The molecule has 1 N–H and O–H groups in total. The van der Waals surface area contributed by atoms with Crippen molar-refractivity contribution in [3.8, 4) is 23.5 Å². The molecule has 1 heteroatoms. The zero-order valence-electron chi connectivity index (χ0n) is 47.1. The van der Waals surface area contributed by atoms with Crippen molar-refractivity contribution < 1.29 is 0 Å². The van der Waals surface area contributed by atoms with E-state index in [1.807, 2.05) is 121 Å². The molecule has 0 amide bonds. The summed E-state index contributed by atoms with van der Waals surface area (Å²) < 4.78 is 0. The van der Waals surface area contributed by atoms with Gasteiger partial charge in [0.1, 0.15) is 0 Å². The third kappa shape index (κ3) is 21.4. The standard InChI is InChI=1S/C50H51N.C13H14.C6H10.2C2H6/c1-8-21-38(5)47-29-20-30-49(46(47)10-3)50(7,48(22-9-2)39(6)42-26-16-13-11-12-15-23-37(4)35-42)43-27-19-28-45(36-43)51-44-33-31-41(32-34-44)40-24-17-14-18-25-40;1-4-7-8-9-12-13(10-5-2)11-6-3;1-3-5-6-4-2;2*1-2/h8-9,11-36,38,51H,2,6,10H2,1,3-5,7H3;2,4,6-12H,1H2,3H3;3-6H,1-2H3;2*1-2H3/b12-11?,13-11?,15-12?,16-13?,21-8-,23-15?,26-16?,37-23?,37-35?,42-26?,42-35?,48-22+;8-7-,11-6-,12-9+,13-10+;5-3-,6-4-;;. The molecule has 2 unspecified atom stereocenters. The number of anilines is 2. The van der Waals surface area contributed by atoms with Crippen molar-refractivity contribution in [2.24, 2.45) is 0 Å². The first-order valence-corrected chi connectivity index (χ1v) is 26.3. The van der Waals surface area contributed by atoms with Gasteiger partial charge in [0.05, 0.1) is 0 Å². The zero-order valence-corrected chi connectivity index (χ0v) is 47.1. The van der Waals surface area contributed by atoms with Crippen molar-refractivity contribution in [1.82, 2.24) is 0 Å². The Hall–Kier alpha value is -7.92. The van der Waals surface area contributed by atoms with Gasteiger partial charge < -0.3 is 5.32 Å². The van der Waals surface area contributed by atoms with Crippen LogP contribution < -0.4 is 5.32 Å². The Bertz CT molecular complexity index is 2780. The van der Waals surface area contributed by atoms with Crippen LogP contribution in [0.5, 0.6) is 0 Å². The first-order valence-electron chi connectivity index (χ1n) is 26.3. The number of hydrogen-bond acceptors (Lipinski definition) is 1. The Morgan fingerprint density at radius 2 is 1.24 bits per heavy atom. The van der Waals surface area contributed by atoms with Crippen LogP contribution >= 0.6 is 0 Å². The lowest BCUT2D eigenvalue weighted by atomic mass is 9.65. The Morgan fingerprint density at radius 3 is 1.84 bits per heavy atom. The average molecular weight is 979 g/mol. The van der Waals surface area contributed by atoms with Crippen molar-refractivity contribution >= 4 is 16.9 Å². The topological polar surface area (TPSA) is 12.0 Å². The second kappa shape index (κ2) is 38.7. The second-order valence-electron chi connectivity index (χ2n) is 16.6. The molecule has 0 aromatic heterocycles. The highest BCUT2D eigenvalue weighted by Gasteiger charge is 2.37. The molecule has 384 valence electrons. The van der Waals surface area contributed by atoms with E-state index < -0.39 is 5.41 Å². The summed E-state index contributed by atoms with van der Waals surface area (Å²) in [6.07, 6.45) is 37.6. The highest BCUT2D eigenvalue weighted by molar-refractivity contribution is 5.83. The number of hydrogen-bond donors (Lipinski definition) is 1. The summed E-state index contributed by atoms with van der Waals surface area (Å²) in [5.74, 6) is 2.77. The molecule has 0 bridgehead atoms. The van der Waals surface area contributed by atoms with Crippen molar-refractivity contribution in [3.05, 3.63) is 307 Å². The van der Waals surface area contributed by atoms with Crippen LogP contribution in [0.3, 0.4) is 0 Å². The summed E-state index contributed by atoms with van der Waals surface area (Å²) in [7, 11) is 0. The summed E-state index contributed by atoms with van der Waals surface area (Å²) in [5, 5.41) is 3.70. The molecule has 0 radical (unpaired) electrons. The van der Waals surface area contributed by atoms with Gasteiger partial charge in [0.15, 0.2) is 0 Å². The summed E-state index contributed by atoms with van der Waals surface area (Å²) in [6, 6.07) is 51.7. The molecule has 5 aromatic carbocycles. The van der Waals surface area contributed by atoms with Crippen LogP contribution in [-0.2, 0) is 11.8 Å². The van der Waals surface area contributed by atoms with E-state index in [9.17, 15) is 0 Å². The third-order valence-electron chi connectivity index (χ3n) is 11.5. The van der Waals surface area contributed by atoms with Crippen molar-refractivity contribution in [3.63, 3.8) is 0 Å². The van der Waals surface area contributed by atoms with Crippen LogP contribution in [0.25, 0.3) is 16.7 Å². The van der Waals surface area contributed by atoms with Crippen molar-refractivity contribution in [1.29, 1.82) is 0 Å². The number of benzene rings is 4. The summed E-state index contributed by atoms with van der Waals surface area (Å²) in [6.45, 7) is 37.7. The van der Waals surface area contributed by atoms with Gasteiger partial charge in [0.25, 0.3) is 0 Å². The van der Waals surface area contributed by atoms with Gasteiger partial charge in [-0.05, 0) is 140 Å². The number of aryl methyl sites for hydroxylation is 1. The van der Waals surface area contributed by atoms with Gasteiger partial charge >= 0.3 is 0 Å². The molecule has 0 aliphatic heterocycles. The minimum Gasteiger partial charge on any atom is -0.356 e. The van der Waals surface area contributed by atoms with Crippen LogP contribution in [0.1, 0.15) is 115 Å². The lowest BCUT2D eigenvalue weighted by Crippen LogP contribution is -2.29. The summed E-state index contributed by atoms with van der Waals surface area (Å²) in [4.78, 5) is 0. The largest absolute Gasteiger partial charge is 0.356 e. The highest BCUT2D eigenvalue weighted by atomic mass is 14.9. The molecule has 0 saturated heterocycles. The number of nitrogens with one attached hydrogen (secondary N) is 1. The maximum atomic E-state index is 5.16. The lowest BCUT2D eigenvalue weighted by molar-refractivity contribution is 0.681. The predicted octanol–water partition coefficient (Wildman–Crippen LogP) is 21.5. The predicted molar refractivity (Wildman–Crippen MR) is 336 cm³/mol. The average Bonchev–Trinajstić information content (AvgIpc) is 3.44. The van der Waals surface area contributed by atoms with Gasteiger partial charge in [-0.15, -0.1) is 6.42 Å². The molecule has 5 aromatic rings. The van der Waals surface area contributed by atoms with E-state index in [0.717, 1.165) is 45.6 Å². The zero-order chi connectivity index (χ0) is 55.0. The smallest absolute Gasteiger partial charge is 0.0432 e. The molecular weight excluding hydrogens is 891 g/mol. The van der Waals surface area contributed by atoms with Gasteiger partial charge in [-0.2, -0.15) is 0 Å². The first kappa shape index (κ1) is 64.1. The fourth-order valence-electron chi connectivity index (χ4n) is 8.10. The highest BCUT2D eigenvalue weighted by Crippen LogP contribution is 2.47. The van der Waals surface area contributed by atoms with Gasteiger partial charge in [0.2, 0.25) is 0 Å². The fraction of sp³-hybridized carbons (Fsp3) is 0.205. The van der Waals surface area contributed by atoms with Crippen LogP contribution in [0.15, 0.2) is 274 Å². The molecule has 74 heavy (non-hydrogen) atoms. The van der Waals surface area contributed by atoms with E-state index in [-0.39, 0.29) is 5.92 Å². The Balaban J connectivity index is 0.000000995. The summed E-state index contributed by atoms with van der Waals surface area (Å²) >= 11 is 0. The summed E-state index contributed by atoms with van der Waals surface area (Å²) in [5.41, 5.74) is 14.4. The van der Waals surface area contributed by atoms with Gasteiger partial charge in [-0.1, -0.05) is 285 Å². The molecule has 0 heterocycles. The Labute approximate surface area is 451 Å². The first-order chi connectivity index (χ1) is 36.1. The van der Waals surface area contributed by atoms with E-state index >= 15 is 0 Å². The molecule has 0 spiro atoms. The lowest BCUT2D eigenvalue weighted by Gasteiger charge is -2.38. The van der Waals surface area contributed by atoms with E-state index in [2.05, 4.69) is 217 Å². The molecule has 0 fully saturated rings. The Morgan fingerprint density at radius 1 is 0.635 bits per heavy atom. The van der Waals surface area contributed by atoms with Crippen LogP contribution in [0.4, 0.5) is 11.4 Å². The maximum absolute atomic E-state index is 5.16. The van der Waals surface area contributed by atoms with Gasteiger partial charge in [-0.3, -0.25) is 0 Å². The van der Waals surface area contributed by atoms with E-state index in [4.69, 9.17) is 13.0 Å². The number of rotatable bonds is 17. The minimum atomic E-state index is -0.575. The molecule has 0 aliphatic rings. The fourth-order valence-corrected chi connectivity index (χ4v) is 8.10. The van der Waals surface area contributed by atoms with Crippen LogP contribution in [0.2, 0.25) is 0 Å². The number of allylic oxidation sites excluding steroid dienone is 19. The number of terminal acetylenes is 1. The third-order valence-corrected chi connectivity index (χ3v) is 11.5. The monoisotopic (exact) mass is 978 g/mol. The quantitative estimate of drug-likeness (QED) is 0.0556. The van der Waals surface area contributed by atoms with Crippen molar-refractivity contribution in [2.45, 2.75) is 101 Å². The molecule has 0 saturated carbocycles. The van der Waals surface area contributed by atoms with Crippen LogP contribution in [-0.4, -0.2) is 0 Å². The minimum absolute atomic E-state index is 0.285. The molecule has 1 nitrogen and oxygen atoms in total. The molecular formula is C73H87N. The second-order valence-corrected chi connectivity index (χ2v) is 16.6. The van der Waals surface area contributed by atoms with E-state index in [0.29, 0.717) is 0 Å². The van der Waals surface area contributed by atoms with Crippen LogP contribution in [0, 0.1) is 19.3 Å².